The standard InChI is InChI=1S/C14H19FN2O/c1-9-7-12(5-6-13(9)15)17-14(18)11-4-3-10(2)16-8-11/h5-7,10-11,16H,3-4,8H2,1-2H3,(H,17,18). The number of rotatable bonds is 2. The van der Waals surface area contributed by atoms with E-state index in [1.54, 1.807) is 19.1 Å². The minimum absolute atomic E-state index is 0.00607. The molecule has 3 nitrogen and oxygen atoms in total. The number of carbonyl (C=O) groups excluding carboxylic acids is 1. The molecule has 0 aromatic heterocycles. The van der Waals surface area contributed by atoms with E-state index < -0.39 is 0 Å². The number of anilines is 1. The first-order chi connectivity index (χ1) is 8.56. The van der Waals surface area contributed by atoms with Gasteiger partial charge in [-0.15, -0.1) is 0 Å². The third-order valence-electron chi connectivity index (χ3n) is 3.46. The van der Waals surface area contributed by atoms with Gasteiger partial charge in [-0.3, -0.25) is 4.79 Å². The van der Waals surface area contributed by atoms with Gasteiger partial charge < -0.3 is 10.6 Å². The van der Waals surface area contributed by atoms with Crippen LogP contribution in [0.4, 0.5) is 10.1 Å². The maximum atomic E-state index is 13.1. The predicted octanol–water partition coefficient (Wildman–Crippen LogP) is 2.46. The molecule has 0 saturated carbocycles. The Morgan fingerprint density at radius 3 is 2.83 bits per heavy atom. The zero-order valence-corrected chi connectivity index (χ0v) is 10.8. The number of hydrogen-bond donors (Lipinski definition) is 2. The molecule has 1 aromatic rings. The van der Waals surface area contributed by atoms with Crippen molar-refractivity contribution in [2.45, 2.75) is 32.7 Å². The summed E-state index contributed by atoms with van der Waals surface area (Å²) in [6.07, 6.45) is 1.92. The zero-order valence-electron chi connectivity index (χ0n) is 10.8. The lowest BCUT2D eigenvalue weighted by atomic mass is 9.94. The fraction of sp³-hybridized carbons (Fsp3) is 0.500. The van der Waals surface area contributed by atoms with Crippen LogP contribution in [-0.2, 0) is 4.79 Å². The van der Waals surface area contributed by atoms with Crippen molar-refractivity contribution >= 4 is 11.6 Å². The summed E-state index contributed by atoms with van der Waals surface area (Å²) in [5.41, 5.74) is 1.21. The summed E-state index contributed by atoms with van der Waals surface area (Å²) in [6.45, 7) is 4.53. The van der Waals surface area contributed by atoms with E-state index in [1.165, 1.54) is 6.07 Å². The lowest BCUT2D eigenvalue weighted by molar-refractivity contribution is -0.120. The zero-order chi connectivity index (χ0) is 13.1. The molecule has 0 spiro atoms. The topological polar surface area (TPSA) is 41.1 Å². The van der Waals surface area contributed by atoms with Crippen LogP contribution in [0.1, 0.15) is 25.3 Å². The van der Waals surface area contributed by atoms with Crippen molar-refractivity contribution in [1.82, 2.24) is 5.32 Å². The van der Waals surface area contributed by atoms with Gasteiger partial charge in [0.05, 0.1) is 5.92 Å². The highest BCUT2D eigenvalue weighted by Gasteiger charge is 2.23. The van der Waals surface area contributed by atoms with E-state index >= 15 is 0 Å². The lowest BCUT2D eigenvalue weighted by Gasteiger charge is -2.26. The smallest absolute Gasteiger partial charge is 0.228 e. The van der Waals surface area contributed by atoms with Gasteiger partial charge in [0.15, 0.2) is 0 Å². The summed E-state index contributed by atoms with van der Waals surface area (Å²) >= 11 is 0. The number of hydrogen-bond acceptors (Lipinski definition) is 2. The van der Waals surface area contributed by atoms with Crippen molar-refractivity contribution in [2.75, 3.05) is 11.9 Å². The molecule has 1 aliphatic heterocycles. The second-order valence-electron chi connectivity index (χ2n) is 5.04. The monoisotopic (exact) mass is 250 g/mol. The predicted molar refractivity (Wildman–Crippen MR) is 70.0 cm³/mol. The van der Waals surface area contributed by atoms with Gasteiger partial charge in [0.1, 0.15) is 5.82 Å². The SMILES string of the molecule is Cc1cc(NC(=O)C2CCC(C)NC2)ccc1F. The molecule has 1 heterocycles. The maximum absolute atomic E-state index is 13.1. The molecular weight excluding hydrogens is 231 g/mol. The Kier molecular flexibility index (Phi) is 3.97. The van der Waals surface area contributed by atoms with Gasteiger partial charge in [-0.2, -0.15) is 0 Å². The molecule has 1 saturated heterocycles. The second-order valence-corrected chi connectivity index (χ2v) is 5.04. The summed E-state index contributed by atoms with van der Waals surface area (Å²) in [4.78, 5) is 12.0. The second kappa shape index (κ2) is 5.48. The summed E-state index contributed by atoms with van der Waals surface area (Å²) in [7, 11) is 0. The summed E-state index contributed by atoms with van der Waals surface area (Å²) in [5, 5.41) is 6.15. The third kappa shape index (κ3) is 3.07. The van der Waals surface area contributed by atoms with E-state index in [-0.39, 0.29) is 17.6 Å². The van der Waals surface area contributed by atoms with Crippen LogP contribution < -0.4 is 10.6 Å². The van der Waals surface area contributed by atoms with Crippen LogP contribution in [0.15, 0.2) is 18.2 Å². The van der Waals surface area contributed by atoms with Gasteiger partial charge in [-0.25, -0.2) is 4.39 Å². The number of aryl methyl sites for hydroxylation is 1. The quantitative estimate of drug-likeness (QED) is 0.846. The Balaban J connectivity index is 1.96. The first kappa shape index (κ1) is 13.0. The molecule has 2 N–H and O–H groups in total. The summed E-state index contributed by atoms with van der Waals surface area (Å²) in [5.74, 6) is -0.229. The summed E-state index contributed by atoms with van der Waals surface area (Å²) < 4.78 is 13.1. The molecule has 0 bridgehead atoms. The molecule has 1 fully saturated rings. The highest BCUT2D eigenvalue weighted by molar-refractivity contribution is 5.92. The fourth-order valence-corrected chi connectivity index (χ4v) is 2.19. The van der Waals surface area contributed by atoms with Crippen LogP contribution in [0, 0.1) is 18.7 Å². The van der Waals surface area contributed by atoms with Crippen LogP contribution in [-0.4, -0.2) is 18.5 Å². The fourth-order valence-electron chi connectivity index (χ4n) is 2.19. The average molecular weight is 250 g/mol. The van der Waals surface area contributed by atoms with Crippen molar-refractivity contribution in [1.29, 1.82) is 0 Å². The van der Waals surface area contributed by atoms with Gasteiger partial charge in [-0.1, -0.05) is 0 Å². The van der Waals surface area contributed by atoms with Crippen molar-refractivity contribution in [2.24, 2.45) is 5.92 Å². The number of nitrogens with one attached hydrogen (secondary N) is 2. The Labute approximate surface area is 107 Å². The Hall–Kier alpha value is -1.42. The maximum Gasteiger partial charge on any atom is 0.228 e. The largest absolute Gasteiger partial charge is 0.326 e. The highest BCUT2D eigenvalue weighted by atomic mass is 19.1. The van der Waals surface area contributed by atoms with Gasteiger partial charge >= 0.3 is 0 Å². The first-order valence-electron chi connectivity index (χ1n) is 6.36. The number of carbonyl (C=O) groups is 1. The van der Waals surface area contributed by atoms with E-state index in [4.69, 9.17) is 0 Å². The number of benzene rings is 1. The third-order valence-corrected chi connectivity index (χ3v) is 3.46. The van der Waals surface area contributed by atoms with Gasteiger partial charge in [0.2, 0.25) is 5.91 Å². The minimum atomic E-state index is -0.249. The van der Waals surface area contributed by atoms with Crippen molar-refractivity contribution < 1.29 is 9.18 Å². The van der Waals surface area contributed by atoms with Crippen molar-refractivity contribution in [3.8, 4) is 0 Å². The van der Waals surface area contributed by atoms with E-state index in [0.717, 1.165) is 12.8 Å². The number of amides is 1. The molecule has 1 aliphatic rings. The van der Waals surface area contributed by atoms with E-state index in [0.29, 0.717) is 23.8 Å². The van der Waals surface area contributed by atoms with Crippen LogP contribution in [0.5, 0.6) is 0 Å². The molecule has 0 aliphatic carbocycles. The molecule has 18 heavy (non-hydrogen) atoms. The highest BCUT2D eigenvalue weighted by Crippen LogP contribution is 2.18. The molecule has 2 rings (SSSR count). The Bertz CT molecular complexity index is 439. The lowest BCUT2D eigenvalue weighted by Crippen LogP contribution is -2.41. The molecular formula is C14H19FN2O. The first-order valence-corrected chi connectivity index (χ1v) is 6.36. The van der Waals surface area contributed by atoms with Crippen molar-refractivity contribution in [3.63, 3.8) is 0 Å². The molecule has 2 atom stereocenters. The van der Waals surface area contributed by atoms with Gasteiger partial charge in [0, 0.05) is 18.3 Å². The normalized spacial score (nSPS) is 23.7. The number of piperidine rings is 1. The van der Waals surface area contributed by atoms with Gasteiger partial charge in [0.25, 0.3) is 0 Å². The minimum Gasteiger partial charge on any atom is -0.326 e. The number of halogens is 1. The van der Waals surface area contributed by atoms with Crippen molar-refractivity contribution in [3.05, 3.63) is 29.6 Å². The average Bonchev–Trinajstić information content (AvgIpc) is 2.34. The Morgan fingerprint density at radius 1 is 1.44 bits per heavy atom. The van der Waals surface area contributed by atoms with E-state index in [2.05, 4.69) is 17.6 Å². The molecule has 1 aromatic carbocycles. The summed E-state index contributed by atoms with van der Waals surface area (Å²) in [6, 6.07) is 5.12. The molecule has 0 radical (unpaired) electrons. The van der Waals surface area contributed by atoms with Crippen LogP contribution in [0.25, 0.3) is 0 Å². The molecule has 1 amide bonds. The molecule has 2 unspecified atom stereocenters. The van der Waals surface area contributed by atoms with E-state index in [1.807, 2.05) is 0 Å². The van der Waals surface area contributed by atoms with Gasteiger partial charge in [-0.05, 0) is 50.5 Å². The Morgan fingerprint density at radius 2 is 2.22 bits per heavy atom. The van der Waals surface area contributed by atoms with Crippen LogP contribution in [0.2, 0.25) is 0 Å². The van der Waals surface area contributed by atoms with Crippen LogP contribution >= 0.6 is 0 Å². The molecule has 98 valence electrons. The van der Waals surface area contributed by atoms with E-state index in [9.17, 15) is 9.18 Å². The molecule has 4 heteroatoms. The van der Waals surface area contributed by atoms with Crippen LogP contribution in [0.3, 0.4) is 0 Å².